The molecule has 7 heteroatoms. The van der Waals surface area contributed by atoms with E-state index in [4.69, 9.17) is 0 Å². The van der Waals surface area contributed by atoms with E-state index in [1.807, 2.05) is 30.3 Å². The summed E-state index contributed by atoms with van der Waals surface area (Å²) in [6, 6.07) is 18.3. The fraction of sp³-hybridized carbons (Fsp3) is 0.222. The molecule has 0 spiro atoms. The monoisotopic (exact) mass is 356 g/mol. The molecule has 0 unspecified atom stereocenters. The molecule has 0 saturated carbocycles. The maximum Gasteiger partial charge on any atom is 0.243 e. The van der Waals surface area contributed by atoms with Crippen LogP contribution in [0.4, 0.5) is 0 Å². The summed E-state index contributed by atoms with van der Waals surface area (Å²) in [7, 11) is -1.86. The predicted molar refractivity (Wildman–Crippen MR) is 95.2 cm³/mol. The Morgan fingerprint density at radius 2 is 1.64 bits per heavy atom. The lowest BCUT2D eigenvalue weighted by molar-refractivity contribution is 0.399. The number of hydrogen-bond donors (Lipinski definition) is 0. The minimum atomic E-state index is -3.62. The summed E-state index contributed by atoms with van der Waals surface area (Å²) in [5.41, 5.74) is 1.09. The molecule has 6 nitrogen and oxygen atoms in total. The van der Waals surface area contributed by atoms with Gasteiger partial charge in [0.15, 0.2) is 5.82 Å². The summed E-state index contributed by atoms with van der Waals surface area (Å²) in [4.78, 5) is 4.44. The van der Waals surface area contributed by atoms with Gasteiger partial charge in [0, 0.05) is 13.6 Å². The molecule has 0 atom stereocenters. The van der Waals surface area contributed by atoms with Crippen LogP contribution >= 0.6 is 0 Å². The van der Waals surface area contributed by atoms with Crippen LogP contribution in [0, 0.1) is 0 Å². The smallest absolute Gasteiger partial charge is 0.243 e. The number of aromatic nitrogens is 3. The third kappa shape index (κ3) is 4.32. The second-order valence-corrected chi connectivity index (χ2v) is 7.66. The lowest BCUT2D eigenvalue weighted by Gasteiger charge is -2.21. The SMILES string of the molecule is Cn1cnc(CN(CCc2ccccc2)S(=O)(=O)c2ccccc2)n1. The van der Waals surface area contributed by atoms with Crippen LogP contribution in [0.3, 0.4) is 0 Å². The molecule has 0 radical (unpaired) electrons. The number of aryl methyl sites for hydroxylation is 1. The van der Waals surface area contributed by atoms with Gasteiger partial charge < -0.3 is 0 Å². The van der Waals surface area contributed by atoms with Crippen molar-refractivity contribution in [3.63, 3.8) is 0 Å². The van der Waals surface area contributed by atoms with Crippen molar-refractivity contribution >= 4 is 10.0 Å². The topological polar surface area (TPSA) is 68.1 Å². The third-order valence-corrected chi connectivity index (χ3v) is 5.70. The van der Waals surface area contributed by atoms with Crippen LogP contribution in [0.1, 0.15) is 11.4 Å². The number of sulfonamides is 1. The molecule has 0 amide bonds. The molecule has 130 valence electrons. The molecule has 2 aromatic carbocycles. The zero-order valence-corrected chi connectivity index (χ0v) is 14.8. The maximum atomic E-state index is 13.0. The molecule has 0 aliphatic heterocycles. The first-order chi connectivity index (χ1) is 12.1. The number of nitrogens with zero attached hydrogens (tertiary/aromatic N) is 4. The zero-order chi connectivity index (χ0) is 17.7. The van der Waals surface area contributed by atoms with Crippen LogP contribution in [0.2, 0.25) is 0 Å². The van der Waals surface area contributed by atoms with Gasteiger partial charge in [0.05, 0.1) is 11.4 Å². The Hall–Kier alpha value is -2.51. The average molecular weight is 356 g/mol. The minimum Gasteiger partial charge on any atom is -0.256 e. The Balaban J connectivity index is 1.85. The van der Waals surface area contributed by atoms with Crippen molar-refractivity contribution < 1.29 is 8.42 Å². The summed E-state index contributed by atoms with van der Waals surface area (Å²) >= 11 is 0. The van der Waals surface area contributed by atoms with Crippen molar-refractivity contribution in [3.05, 3.63) is 78.4 Å². The van der Waals surface area contributed by atoms with Crippen molar-refractivity contribution in [1.82, 2.24) is 19.1 Å². The van der Waals surface area contributed by atoms with Crippen LogP contribution < -0.4 is 0 Å². The Morgan fingerprint density at radius 3 is 2.24 bits per heavy atom. The molecule has 3 rings (SSSR count). The van der Waals surface area contributed by atoms with Gasteiger partial charge in [-0.25, -0.2) is 13.4 Å². The van der Waals surface area contributed by atoms with E-state index in [0.29, 0.717) is 18.8 Å². The van der Waals surface area contributed by atoms with E-state index >= 15 is 0 Å². The normalized spacial score (nSPS) is 11.8. The Bertz CT molecular complexity index is 909. The summed E-state index contributed by atoms with van der Waals surface area (Å²) in [5, 5.41) is 4.21. The van der Waals surface area contributed by atoms with E-state index < -0.39 is 10.0 Å². The van der Waals surface area contributed by atoms with Gasteiger partial charge in [-0.3, -0.25) is 4.68 Å². The van der Waals surface area contributed by atoms with Crippen molar-refractivity contribution in [2.24, 2.45) is 7.05 Å². The molecule has 0 aliphatic carbocycles. The van der Waals surface area contributed by atoms with Gasteiger partial charge in [-0.15, -0.1) is 0 Å². The molecule has 0 bridgehead atoms. The lowest BCUT2D eigenvalue weighted by Crippen LogP contribution is -2.33. The average Bonchev–Trinajstić information content (AvgIpc) is 3.05. The van der Waals surface area contributed by atoms with E-state index in [9.17, 15) is 8.42 Å². The highest BCUT2D eigenvalue weighted by Crippen LogP contribution is 2.18. The number of benzene rings is 2. The maximum absolute atomic E-state index is 13.0. The number of rotatable bonds is 7. The van der Waals surface area contributed by atoms with Crippen molar-refractivity contribution in [2.45, 2.75) is 17.9 Å². The highest BCUT2D eigenvalue weighted by atomic mass is 32.2. The van der Waals surface area contributed by atoms with Crippen LogP contribution in [-0.2, 0) is 30.0 Å². The first-order valence-corrected chi connectivity index (χ1v) is 9.43. The van der Waals surface area contributed by atoms with E-state index in [2.05, 4.69) is 10.1 Å². The first kappa shape index (κ1) is 17.3. The molecule has 1 aromatic heterocycles. The summed E-state index contributed by atoms with van der Waals surface area (Å²) in [6.07, 6.45) is 2.19. The van der Waals surface area contributed by atoms with Gasteiger partial charge in [-0.1, -0.05) is 48.5 Å². The fourth-order valence-electron chi connectivity index (χ4n) is 2.54. The van der Waals surface area contributed by atoms with Gasteiger partial charge >= 0.3 is 0 Å². The molecule has 25 heavy (non-hydrogen) atoms. The Labute approximate surface area is 147 Å². The molecular weight excluding hydrogens is 336 g/mol. The van der Waals surface area contributed by atoms with Gasteiger partial charge in [0.25, 0.3) is 0 Å². The van der Waals surface area contributed by atoms with Gasteiger partial charge in [-0.05, 0) is 24.1 Å². The van der Waals surface area contributed by atoms with E-state index in [-0.39, 0.29) is 11.4 Å². The van der Waals surface area contributed by atoms with Crippen molar-refractivity contribution in [1.29, 1.82) is 0 Å². The molecule has 1 heterocycles. The van der Waals surface area contributed by atoms with Crippen LogP contribution in [-0.4, -0.2) is 34.0 Å². The zero-order valence-electron chi connectivity index (χ0n) is 14.0. The van der Waals surface area contributed by atoms with E-state index in [0.717, 1.165) is 5.56 Å². The number of hydrogen-bond acceptors (Lipinski definition) is 4. The Morgan fingerprint density at radius 1 is 1.00 bits per heavy atom. The summed E-state index contributed by atoms with van der Waals surface area (Å²) in [6.45, 7) is 0.504. The quantitative estimate of drug-likeness (QED) is 0.651. The molecule has 0 N–H and O–H groups in total. The first-order valence-electron chi connectivity index (χ1n) is 7.99. The van der Waals surface area contributed by atoms with Crippen molar-refractivity contribution in [2.75, 3.05) is 6.54 Å². The second-order valence-electron chi connectivity index (χ2n) is 5.72. The fourth-order valence-corrected chi connectivity index (χ4v) is 3.95. The highest BCUT2D eigenvalue weighted by Gasteiger charge is 2.25. The third-order valence-electron chi connectivity index (χ3n) is 3.84. The van der Waals surface area contributed by atoms with Gasteiger partial charge in [-0.2, -0.15) is 9.40 Å². The van der Waals surface area contributed by atoms with Crippen LogP contribution in [0.5, 0.6) is 0 Å². The predicted octanol–water partition coefficient (Wildman–Crippen LogP) is 2.25. The molecule has 0 saturated heterocycles. The van der Waals surface area contributed by atoms with Crippen LogP contribution in [0.25, 0.3) is 0 Å². The molecule has 0 fully saturated rings. The van der Waals surface area contributed by atoms with E-state index in [1.165, 1.54) is 4.31 Å². The van der Waals surface area contributed by atoms with E-state index in [1.54, 1.807) is 48.4 Å². The second kappa shape index (κ2) is 7.58. The molecule has 3 aromatic rings. The van der Waals surface area contributed by atoms with Crippen molar-refractivity contribution in [3.8, 4) is 0 Å². The molecular formula is C18H20N4O2S. The largest absolute Gasteiger partial charge is 0.256 e. The highest BCUT2D eigenvalue weighted by molar-refractivity contribution is 7.89. The lowest BCUT2D eigenvalue weighted by atomic mass is 10.1. The molecule has 0 aliphatic rings. The van der Waals surface area contributed by atoms with Gasteiger partial charge in [0.2, 0.25) is 10.0 Å². The van der Waals surface area contributed by atoms with Gasteiger partial charge in [0.1, 0.15) is 6.33 Å². The minimum absolute atomic E-state index is 0.144. The summed E-state index contributed by atoms with van der Waals surface area (Å²) < 4.78 is 29.1. The standard InChI is InChI=1S/C18H20N4O2S/c1-21-15-19-18(20-21)14-22(13-12-16-8-4-2-5-9-16)25(23,24)17-10-6-3-7-11-17/h2-11,15H,12-14H2,1H3. The summed E-state index contributed by atoms with van der Waals surface area (Å²) in [5.74, 6) is 0.482. The van der Waals surface area contributed by atoms with Crippen LogP contribution in [0.15, 0.2) is 71.9 Å². The Kier molecular flexibility index (Phi) is 5.25.